The van der Waals surface area contributed by atoms with Crippen molar-refractivity contribution >= 4 is 0 Å². The highest BCUT2D eigenvalue weighted by Gasteiger charge is 2.23. The molecule has 3 heteroatoms. The fourth-order valence-corrected chi connectivity index (χ4v) is 1.96. The first kappa shape index (κ1) is 12.9. The Morgan fingerprint density at radius 2 is 2.33 bits per heavy atom. The van der Waals surface area contributed by atoms with Crippen LogP contribution >= 0.6 is 0 Å². The summed E-state index contributed by atoms with van der Waals surface area (Å²) >= 11 is 0. The van der Waals surface area contributed by atoms with Crippen molar-refractivity contribution in [1.82, 2.24) is 10.2 Å². The molecule has 1 saturated heterocycles. The predicted octanol–water partition coefficient (Wildman–Crippen LogP) is 1.49. The smallest absolute Gasteiger partial charge is 0.0622 e. The number of ether oxygens (including phenoxy) is 1. The van der Waals surface area contributed by atoms with E-state index in [0.717, 1.165) is 26.3 Å². The monoisotopic (exact) mass is 214 g/mol. The van der Waals surface area contributed by atoms with Gasteiger partial charge in [-0.05, 0) is 33.4 Å². The first-order chi connectivity index (χ1) is 7.25. The third-order valence-corrected chi connectivity index (χ3v) is 3.32. The molecule has 0 saturated carbocycles. The fraction of sp³-hybridized carbons (Fsp3) is 1.00. The molecular formula is C12H26N2O. The Labute approximate surface area is 94.2 Å². The zero-order valence-electron chi connectivity index (χ0n) is 10.5. The number of nitrogens with one attached hydrogen (secondary N) is 1. The zero-order valence-corrected chi connectivity index (χ0v) is 10.5. The molecule has 1 aliphatic rings. The Morgan fingerprint density at radius 3 is 2.93 bits per heavy atom. The molecule has 1 aliphatic heterocycles. The Hall–Kier alpha value is -0.120. The molecule has 0 aromatic rings. The minimum Gasteiger partial charge on any atom is -0.380 e. The van der Waals surface area contributed by atoms with Crippen LogP contribution in [0.2, 0.25) is 0 Å². The van der Waals surface area contributed by atoms with Gasteiger partial charge in [0.25, 0.3) is 0 Å². The average molecular weight is 214 g/mol. The SMILES string of the molecule is CCCCNCC(C)N(C)C1CCOC1. The second kappa shape index (κ2) is 7.20. The highest BCUT2D eigenvalue weighted by molar-refractivity contribution is 4.78. The first-order valence-electron chi connectivity index (χ1n) is 6.26. The standard InChI is InChI=1S/C12H26N2O/c1-4-5-7-13-9-11(2)14(3)12-6-8-15-10-12/h11-13H,4-10H2,1-3H3. The summed E-state index contributed by atoms with van der Waals surface area (Å²) in [6.45, 7) is 8.61. The molecule has 0 amide bonds. The second-order valence-electron chi connectivity index (χ2n) is 4.59. The van der Waals surface area contributed by atoms with Crippen LogP contribution < -0.4 is 5.32 Å². The number of unbranched alkanes of at least 4 members (excludes halogenated alkanes) is 1. The Balaban J connectivity index is 2.11. The lowest BCUT2D eigenvalue weighted by molar-refractivity contribution is 0.137. The van der Waals surface area contributed by atoms with E-state index in [2.05, 4.69) is 31.1 Å². The second-order valence-corrected chi connectivity index (χ2v) is 4.59. The number of rotatable bonds is 7. The lowest BCUT2D eigenvalue weighted by atomic mass is 10.2. The highest BCUT2D eigenvalue weighted by Crippen LogP contribution is 2.12. The van der Waals surface area contributed by atoms with Gasteiger partial charge in [0.05, 0.1) is 6.61 Å². The van der Waals surface area contributed by atoms with Gasteiger partial charge >= 0.3 is 0 Å². The molecule has 1 fully saturated rings. The molecule has 2 atom stereocenters. The molecule has 0 aromatic carbocycles. The fourth-order valence-electron chi connectivity index (χ4n) is 1.96. The minimum absolute atomic E-state index is 0.605. The highest BCUT2D eigenvalue weighted by atomic mass is 16.5. The number of nitrogens with zero attached hydrogens (tertiary/aromatic N) is 1. The molecular weight excluding hydrogens is 188 g/mol. The van der Waals surface area contributed by atoms with Crippen LogP contribution in [-0.4, -0.2) is 50.3 Å². The van der Waals surface area contributed by atoms with Crippen molar-refractivity contribution in [3.05, 3.63) is 0 Å². The topological polar surface area (TPSA) is 24.5 Å². The van der Waals surface area contributed by atoms with E-state index in [1.807, 2.05) is 0 Å². The van der Waals surface area contributed by atoms with Crippen LogP contribution in [0.5, 0.6) is 0 Å². The molecule has 1 N–H and O–H groups in total. The molecule has 3 nitrogen and oxygen atoms in total. The quantitative estimate of drug-likeness (QED) is 0.650. The molecule has 0 bridgehead atoms. The van der Waals surface area contributed by atoms with Gasteiger partial charge in [-0.1, -0.05) is 13.3 Å². The van der Waals surface area contributed by atoms with E-state index >= 15 is 0 Å². The molecule has 0 spiro atoms. The molecule has 0 aromatic heterocycles. The van der Waals surface area contributed by atoms with Crippen molar-refractivity contribution in [2.24, 2.45) is 0 Å². The molecule has 0 radical (unpaired) electrons. The average Bonchev–Trinajstić information content (AvgIpc) is 2.76. The summed E-state index contributed by atoms with van der Waals surface area (Å²) in [5.41, 5.74) is 0. The minimum atomic E-state index is 0.605. The van der Waals surface area contributed by atoms with Crippen LogP contribution in [0.1, 0.15) is 33.1 Å². The van der Waals surface area contributed by atoms with E-state index < -0.39 is 0 Å². The van der Waals surface area contributed by atoms with Gasteiger partial charge in [-0.3, -0.25) is 4.90 Å². The summed E-state index contributed by atoms with van der Waals surface area (Å²) in [5, 5.41) is 3.51. The van der Waals surface area contributed by atoms with Gasteiger partial charge in [-0.25, -0.2) is 0 Å². The van der Waals surface area contributed by atoms with Gasteiger partial charge in [-0.15, -0.1) is 0 Å². The molecule has 15 heavy (non-hydrogen) atoms. The summed E-state index contributed by atoms with van der Waals surface area (Å²) in [6.07, 6.45) is 3.74. The van der Waals surface area contributed by atoms with Gasteiger partial charge < -0.3 is 10.1 Å². The van der Waals surface area contributed by atoms with E-state index in [1.54, 1.807) is 0 Å². The van der Waals surface area contributed by atoms with Crippen molar-refractivity contribution in [2.45, 2.75) is 45.2 Å². The molecule has 90 valence electrons. The van der Waals surface area contributed by atoms with Gasteiger partial charge in [-0.2, -0.15) is 0 Å². The maximum atomic E-state index is 5.41. The van der Waals surface area contributed by atoms with E-state index in [9.17, 15) is 0 Å². The largest absolute Gasteiger partial charge is 0.380 e. The summed E-state index contributed by atoms with van der Waals surface area (Å²) in [5.74, 6) is 0. The molecule has 1 heterocycles. The van der Waals surface area contributed by atoms with E-state index in [0.29, 0.717) is 12.1 Å². The van der Waals surface area contributed by atoms with Crippen molar-refractivity contribution in [1.29, 1.82) is 0 Å². The summed E-state index contributed by atoms with van der Waals surface area (Å²) in [4.78, 5) is 2.45. The van der Waals surface area contributed by atoms with Gasteiger partial charge in [0.15, 0.2) is 0 Å². The van der Waals surface area contributed by atoms with Crippen LogP contribution in [-0.2, 0) is 4.74 Å². The van der Waals surface area contributed by atoms with E-state index in [1.165, 1.54) is 19.3 Å². The summed E-state index contributed by atoms with van der Waals surface area (Å²) in [7, 11) is 2.21. The predicted molar refractivity (Wildman–Crippen MR) is 64.2 cm³/mol. The van der Waals surface area contributed by atoms with Crippen LogP contribution in [0.4, 0.5) is 0 Å². The van der Waals surface area contributed by atoms with Crippen molar-refractivity contribution < 1.29 is 4.74 Å². The van der Waals surface area contributed by atoms with E-state index in [-0.39, 0.29) is 0 Å². The Kier molecular flexibility index (Phi) is 6.22. The molecule has 1 rings (SSSR count). The van der Waals surface area contributed by atoms with Crippen molar-refractivity contribution in [2.75, 3.05) is 33.4 Å². The van der Waals surface area contributed by atoms with Crippen LogP contribution in [0, 0.1) is 0 Å². The first-order valence-corrected chi connectivity index (χ1v) is 6.26. The maximum absolute atomic E-state index is 5.41. The van der Waals surface area contributed by atoms with Crippen molar-refractivity contribution in [3.8, 4) is 0 Å². The summed E-state index contributed by atoms with van der Waals surface area (Å²) < 4.78 is 5.41. The summed E-state index contributed by atoms with van der Waals surface area (Å²) in [6, 6.07) is 1.24. The van der Waals surface area contributed by atoms with Gasteiger partial charge in [0.1, 0.15) is 0 Å². The number of likely N-dealkylation sites (N-methyl/N-ethyl adjacent to an activating group) is 1. The van der Waals surface area contributed by atoms with E-state index in [4.69, 9.17) is 4.74 Å². The van der Waals surface area contributed by atoms with Crippen molar-refractivity contribution in [3.63, 3.8) is 0 Å². The molecule has 2 unspecified atom stereocenters. The lowest BCUT2D eigenvalue weighted by Crippen LogP contribution is -2.44. The Morgan fingerprint density at radius 1 is 1.53 bits per heavy atom. The normalized spacial score (nSPS) is 23.6. The maximum Gasteiger partial charge on any atom is 0.0622 e. The van der Waals surface area contributed by atoms with Gasteiger partial charge in [0.2, 0.25) is 0 Å². The number of hydrogen-bond acceptors (Lipinski definition) is 3. The molecule has 0 aliphatic carbocycles. The Bertz CT molecular complexity index is 158. The van der Waals surface area contributed by atoms with Crippen LogP contribution in [0.25, 0.3) is 0 Å². The van der Waals surface area contributed by atoms with Crippen LogP contribution in [0.15, 0.2) is 0 Å². The lowest BCUT2D eigenvalue weighted by Gasteiger charge is -2.29. The van der Waals surface area contributed by atoms with Gasteiger partial charge in [0, 0.05) is 25.2 Å². The number of hydrogen-bond donors (Lipinski definition) is 1. The zero-order chi connectivity index (χ0) is 11.1. The third-order valence-electron chi connectivity index (χ3n) is 3.32. The van der Waals surface area contributed by atoms with Crippen LogP contribution in [0.3, 0.4) is 0 Å². The third kappa shape index (κ3) is 4.49.